The van der Waals surface area contributed by atoms with Crippen LogP contribution >= 0.6 is 0 Å². The van der Waals surface area contributed by atoms with Gasteiger partial charge in [0.15, 0.2) is 0 Å². The van der Waals surface area contributed by atoms with E-state index in [1.807, 2.05) is 0 Å². The van der Waals surface area contributed by atoms with Gasteiger partial charge in [-0.1, -0.05) is 13.8 Å². The van der Waals surface area contributed by atoms with E-state index >= 15 is 0 Å². The van der Waals surface area contributed by atoms with Crippen molar-refractivity contribution in [1.82, 2.24) is 29.7 Å². The molecule has 2 aromatic heterocycles. The minimum absolute atomic E-state index is 0.0708. The minimum atomic E-state index is -0.858. The average molecular weight is 292 g/mol. The Morgan fingerprint density at radius 1 is 1.38 bits per heavy atom. The fourth-order valence-electron chi connectivity index (χ4n) is 2.09. The molecule has 0 bridgehead atoms. The van der Waals surface area contributed by atoms with Crippen molar-refractivity contribution in [2.24, 2.45) is 5.92 Å². The molecule has 0 radical (unpaired) electrons. The first-order valence-electron chi connectivity index (χ1n) is 6.68. The SMILES string of the molecule is CC(C)CC(C)(O)CNc1nc(N)nc(-n2cncn2)n1. The number of nitrogens with two attached hydrogens (primary N) is 1. The van der Waals surface area contributed by atoms with E-state index in [0.717, 1.165) is 0 Å². The Morgan fingerprint density at radius 3 is 2.76 bits per heavy atom. The van der Waals surface area contributed by atoms with E-state index in [0.29, 0.717) is 18.9 Å². The highest BCUT2D eigenvalue weighted by Crippen LogP contribution is 2.17. The molecule has 0 aromatic carbocycles. The lowest BCUT2D eigenvalue weighted by Crippen LogP contribution is -2.35. The van der Waals surface area contributed by atoms with Crippen molar-refractivity contribution in [1.29, 1.82) is 0 Å². The number of hydrogen-bond acceptors (Lipinski definition) is 8. The molecule has 1 atom stereocenters. The fourth-order valence-corrected chi connectivity index (χ4v) is 2.09. The van der Waals surface area contributed by atoms with Crippen LogP contribution in [-0.2, 0) is 0 Å². The van der Waals surface area contributed by atoms with Gasteiger partial charge in [0.2, 0.25) is 11.9 Å². The minimum Gasteiger partial charge on any atom is -0.388 e. The summed E-state index contributed by atoms with van der Waals surface area (Å²) in [4.78, 5) is 16.0. The molecule has 0 aliphatic carbocycles. The van der Waals surface area contributed by atoms with Crippen molar-refractivity contribution in [3.8, 4) is 5.95 Å². The third-order valence-corrected chi connectivity index (χ3v) is 2.74. The number of nitrogens with zero attached hydrogens (tertiary/aromatic N) is 6. The molecular weight excluding hydrogens is 272 g/mol. The van der Waals surface area contributed by atoms with Gasteiger partial charge < -0.3 is 16.2 Å². The zero-order valence-electron chi connectivity index (χ0n) is 12.4. The summed E-state index contributed by atoms with van der Waals surface area (Å²) in [6.07, 6.45) is 3.50. The van der Waals surface area contributed by atoms with Gasteiger partial charge in [-0.2, -0.15) is 24.7 Å². The number of nitrogens with one attached hydrogen (secondary N) is 1. The lowest BCUT2D eigenvalue weighted by Gasteiger charge is -2.25. The molecule has 9 heteroatoms. The van der Waals surface area contributed by atoms with Gasteiger partial charge in [-0.25, -0.2) is 4.98 Å². The Labute approximate surface area is 122 Å². The molecule has 2 rings (SSSR count). The van der Waals surface area contributed by atoms with E-state index in [2.05, 4.69) is 44.2 Å². The molecule has 0 spiro atoms. The Hall–Kier alpha value is -2.29. The van der Waals surface area contributed by atoms with Crippen LogP contribution in [0.1, 0.15) is 27.2 Å². The Balaban J connectivity index is 2.10. The average Bonchev–Trinajstić information content (AvgIpc) is 2.88. The van der Waals surface area contributed by atoms with Gasteiger partial charge in [-0.05, 0) is 19.3 Å². The first-order chi connectivity index (χ1) is 9.85. The fraction of sp³-hybridized carbons (Fsp3) is 0.583. The summed E-state index contributed by atoms with van der Waals surface area (Å²) in [5.41, 5.74) is 4.80. The first-order valence-corrected chi connectivity index (χ1v) is 6.68. The van der Waals surface area contributed by atoms with Crippen LogP contribution in [0.15, 0.2) is 12.7 Å². The predicted molar refractivity (Wildman–Crippen MR) is 77.7 cm³/mol. The van der Waals surface area contributed by atoms with Crippen molar-refractivity contribution >= 4 is 11.9 Å². The molecule has 0 aliphatic rings. The van der Waals surface area contributed by atoms with Crippen molar-refractivity contribution in [2.75, 3.05) is 17.6 Å². The van der Waals surface area contributed by atoms with Gasteiger partial charge in [0, 0.05) is 6.54 Å². The second-order valence-electron chi connectivity index (χ2n) is 5.61. The summed E-state index contributed by atoms with van der Waals surface area (Å²) >= 11 is 0. The Kier molecular flexibility index (Phi) is 4.32. The number of hydrogen-bond donors (Lipinski definition) is 3. The van der Waals surface area contributed by atoms with Crippen LogP contribution in [-0.4, -0.2) is 47.0 Å². The van der Waals surface area contributed by atoms with E-state index in [4.69, 9.17) is 5.73 Å². The first kappa shape index (κ1) is 15.1. The van der Waals surface area contributed by atoms with Crippen LogP contribution in [0.5, 0.6) is 0 Å². The maximum atomic E-state index is 10.3. The predicted octanol–water partition coefficient (Wildman–Crippen LogP) is 0.243. The third-order valence-electron chi connectivity index (χ3n) is 2.74. The summed E-state index contributed by atoms with van der Waals surface area (Å²) in [5, 5.41) is 17.2. The zero-order chi connectivity index (χ0) is 15.5. The van der Waals surface area contributed by atoms with Crippen molar-refractivity contribution < 1.29 is 5.11 Å². The van der Waals surface area contributed by atoms with Gasteiger partial charge in [0.25, 0.3) is 5.95 Å². The molecular formula is C12H20N8O. The summed E-state index contributed by atoms with van der Waals surface area (Å²) < 4.78 is 1.38. The Bertz CT molecular complexity index is 581. The van der Waals surface area contributed by atoms with Crippen LogP contribution in [0.25, 0.3) is 5.95 Å². The number of aliphatic hydroxyl groups is 1. The van der Waals surface area contributed by atoms with Gasteiger partial charge in [-0.15, -0.1) is 0 Å². The third kappa shape index (κ3) is 4.35. The zero-order valence-corrected chi connectivity index (χ0v) is 12.4. The second kappa shape index (κ2) is 6.00. The van der Waals surface area contributed by atoms with Crippen molar-refractivity contribution in [2.45, 2.75) is 32.8 Å². The van der Waals surface area contributed by atoms with Crippen LogP contribution in [0.2, 0.25) is 0 Å². The number of nitrogen functional groups attached to an aromatic ring is 1. The number of aromatic nitrogens is 6. The topological polar surface area (TPSA) is 128 Å². The summed E-state index contributed by atoms with van der Waals surface area (Å²) in [6, 6.07) is 0. The molecule has 0 amide bonds. The lowest BCUT2D eigenvalue weighted by atomic mass is 9.94. The molecule has 2 aromatic rings. The van der Waals surface area contributed by atoms with E-state index in [-0.39, 0.29) is 17.8 Å². The van der Waals surface area contributed by atoms with Crippen molar-refractivity contribution in [3.63, 3.8) is 0 Å². The number of anilines is 2. The van der Waals surface area contributed by atoms with Gasteiger partial charge in [0.1, 0.15) is 12.7 Å². The lowest BCUT2D eigenvalue weighted by molar-refractivity contribution is 0.0514. The molecule has 0 aliphatic heterocycles. The van der Waals surface area contributed by atoms with Crippen molar-refractivity contribution in [3.05, 3.63) is 12.7 Å². The van der Waals surface area contributed by atoms with Gasteiger partial charge in [0.05, 0.1) is 5.60 Å². The van der Waals surface area contributed by atoms with Gasteiger partial charge >= 0.3 is 0 Å². The standard InChI is InChI=1S/C12H20N8O/c1-8(2)4-12(3,21)5-15-10-17-9(13)18-11(19-10)20-7-14-6-16-20/h6-8,21H,4-5H2,1-3H3,(H3,13,15,17,18,19). The normalized spacial score (nSPS) is 14.1. The summed E-state index contributed by atoms with van der Waals surface area (Å²) in [6.45, 7) is 6.19. The van der Waals surface area contributed by atoms with Crippen LogP contribution in [0, 0.1) is 5.92 Å². The maximum absolute atomic E-state index is 10.3. The quantitative estimate of drug-likeness (QED) is 0.691. The van der Waals surface area contributed by atoms with E-state index in [1.54, 1.807) is 6.92 Å². The second-order valence-corrected chi connectivity index (χ2v) is 5.61. The molecule has 1 unspecified atom stereocenters. The smallest absolute Gasteiger partial charge is 0.258 e. The van der Waals surface area contributed by atoms with Crippen LogP contribution in [0.3, 0.4) is 0 Å². The number of rotatable bonds is 6. The molecule has 4 N–H and O–H groups in total. The highest BCUT2D eigenvalue weighted by molar-refractivity contribution is 5.34. The molecule has 2 heterocycles. The molecule has 0 saturated carbocycles. The van der Waals surface area contributed by atoms with E-state index in [9.17, 15) is 5.11 Å². The molecule has 9 nitrogen and oxygen atoms in total. The molecule has 0 fully saturated rings. The van der Waals surface area contributed by atoms with E-state index < -0.39 is 5.60 Å². The molecule has 114 valence electrons. The largest absolute Gasteiger partial charge is 0.388 e. The van der Waals surface area contributed by atoms with Crippen LogP contribution in [0.4, 0.5) is 11.9 Å². The van der Waals surface area contributed by atoms with Gasteiger partial charge in [-0.3, -0.25) is 0 Å². The highest BCUT2D eigenvalue weighted by atomic mass is 16.3. The highest BCUT2D eigenvalue weighted by Gasteiger charge is 2.22. The molecule has 0 saturated heterocycles. The van der Waals surface area contributed by atoms with E-state index in [1.165, 1.54) is 17.3 Å². The Morgan fingerprint density at radius 2 is 2.14 bits per heavy atom. The maximum Gasteiger partial charge on any atom is 0.258 e. The summed E-state index contributed by atoms with van der Waals surface area (Å²) in [5.74, 6) is 1.01. The summed E-state index contributed by atoms with van der Waals surface area (Å²) in [7, 11) is 0. The monoisotopic (exact) mass is 292 g/mol. The van der Waals surface area contributed by atoms with Crippen LogP contribution < -0.4 is 11.1 Å². The molecule has 21 heavy (non-hydrogen) atoms.